The Labute approximate surface area is 237 Å². The zero-order chi connectivity index (χ0) is 27.2. The van der Waals surface area contributed by atoms with Crippen LogP contribution in [0, 0.1) is 0 Å². The Morgan fingerprint density at radius 2 is 1.97 bits per heavy atom. The molecule has 2 bridgehead atoms. The van der Waals surface area contributed by atoms with E-state index in [1.54, 1.807) is 6.07 Å². The highest BCUT2D eigenvalue weighted by molar-refractivity contribution is 14.2. The van der Waals surface area contributed by atoms with E-state index in [1.807, 2.05) is 62.2 Å². The molecular weight excluding hydrogens is 614 g/mol. The molecule has 1 aliphatic rings. The summed E-state index contributed by atoms with van der Waals surface area (Å²) in [7, 11) is 1.92. The van der Waals surface area contributed by atoms with E-state index in [-0.39, 0.29) is 11.9 Å². The van der Waals surface area contributed by atoms with Gasteiger partial charge in [0.15, 0.2) is 0 Å². The lowest BCUT2D eigenvalue weighted by Gasteiger charge is -2.12. The lowest BCUT2D eigenvalue weighted by atomic mass is 10.0. The molecule has 0 aliphatic carbocycles. The second-order valence-electron chi connectivity index (χ2n) is 8.72. The molecule has 3 aromatic heterocycles. The molecule has 1 aromatic carbocycles. The van der Waals surface area contributed by atoms with E-state index >= 15 is 0 Å². The molecule has 9 nitrogen and oxygen atoms in total. The first-order valence-corrected chi connectivity index (χ1v) is 16.6. The summed E-state index contributed by atoms with van der Waals surface area (Å²) in [6, 6.07) is 8.17. The van der Waals surface area contributed by atoms with Gasteiger partial charge in [-0.25, -0.2) is 9.44 Å². The van der Waals surface area contributed by atoms with Crippen LogP contribution in [0.25, 0.3) is 34.2 Å². The molecule has 5 rings (SSSR count). The van der Waals surface area contributed by atoms with Crippen LogP contribution in [0.3, 0.4) is 0 Å². The highest BCUT2D eigenvalue weighted by atomic mass is 127. The summed E-state index contributed by atoms with van der Waals surface area (Å²) >= 11 is 2.33. The third-order valence-corrected chi connectivity index (χ3v) is 7.72. The molecule has 0 saturated carbocycles. The van der Waals surface area contributed by atoms with Crippen molar-refractivity contribution in [3.63, 3.8) is 0 Å². The quantitative estimate of drug-likeness (QED) is 0.221. The van der Waals surface area contributed by atoms with Crippen LogP contribution in [-0.4, -0.2) is 49.5 Å². The van der Waals surface area contributed by atoms with E-state index in [1.165, 1.54) is 6.20 Å². The number of aromatic nitrogens is 5. The number of pyridine rings is 1. The zero-order valence-electron chi connectivity index (χ0n) is 22.2. The maximum absolute atomic E-state index is 12.6. The SMILES string of the molecule is CC.CC(C)NC(=O)c1cnc2c(c1)/C=C/c1nn(PI)c3ccc(cc13)-c1cnn(C)c1COCCO2. The largest absolute Gasteiger partial charge is 0.475 e. The number of ether oxygens (including phenoxy) is 2. The van der Waals surface area contributed by atoms with Crippen molar-refractivity contribution in [3.8, 4) is 17.0 Å². The summed E-state index contributed by atoms with van der Waals surface area (Å²) in [5.41, 5.74) is 6.13. The molecule has 200 valence electrons. The van der Waals surface area contributed by atoms with E-state index in [2.05, 4.69) is 55.6 Å². The Balaban J connectivity index is 0.00000164. The van der Waals surface area contributed by atoms with Gasteiger partial charge in [0.1, 0.15) is 6.61 Å². The summed E-state index contributed by atoms with van der Waals surface area (Å²) in [6.45, 7) is 8.96. The second kappa shape index (κ2) is 12.8. The lowest BCUT2D eigenvalue weighted by molar-refractivity contribution is 0.0838. The van der Waals surface area contributed by atoms with E-state index < -0.39 is 0 Å². The van der Waals surface area contributed by atoms with Crippen LogP contribution in [0.5, 0.6) is 5.88 Å². The molecule has 0 fully saturated rings. The summed E-state index contributed by atoms with van der Waals surface area (Å²) in [5, 5.41) is 13.2. The minimum absolute atomic E-state index is 0.0250. The number of carbonyl (C=O) groups is 1. The maximum Gasteiger partial charge on any atom is 0.253 e. The average Bonchev–Trinajstić information content (AvgIpc) is 3.47. The number of hydrogen-bond acceptors (Lipinski definition) is 6. The molecule has 11 heteroatoms. The normalized spacial score (nSPS) is 14.3. The van der Waals surface area contributed by atoms with Crippen LogP contribution in [0.2, 0.25) is 0 Å². The van der Waals surface area contributed by atoms with Gasteiger partial charge in [-0.05, 0) is 71.8 Å². The smallest absolute Gasteiger partial charge is 0.253 e. The Morgan fingerprint density at radius 3 is 2.74 bits per heavy atom. The van der Waals surface area contributed by atoms with Gasteiger partial charge in [-0.3, -0.25) is 9.48 Å². The number of nitrogens with one attached hydrogen (secondary N) is 1. The van der Waals surface area contributed by atoms with Crippen LogP contribution in [0.15, 0.2) is 36.7 Å². The highest BCUT2D eigenvalue weighted by Crippen LogP contribution is 2.35. The molecule has 4 heterocycles. The van der Waals surface area contributed by atoms with Crippen LogP contribution in [0.4, 0.5) is 0 Å². The number of carbonyl (C=O) groups excluding carboxylic acids is 1. The van der Waals surface area contributed by atoms with Crippen molar-refractivity contribution in [2.75, 3.05) is 13.2 Å². The molecule has 1 aliphatic heterocycles. The van der Waals surface area contributed by atoms with Crippen molar-refractivity contribution in [2.24, 2.45) is 7.05 Å². The predicted octanol–water partition coefficient (Wildman–Crippen LogP) is 5.87. The third-order valence-electron chi connectivity index (χ3n) is 5.85. The number of hydrogen-bond donors (Lipinski definition) is 1. The predicted molar refractivity (Wildman–Crippen MR) is 162 cm³/mol. The topological polar surface area (TPSA) is 96.1 Å². The average molecular weight is 646 g/mol. The van der Waals surface area contributed by atoms with Crippen LogP contribution in [0.1, 0.15) is 55.0 Å². The fourth-order valence-electron chi connectivity index (χ4n) is 4.09. The fraction of sp³-hybridized carbons (Fsp3) is 0.333. The van der Waals surface area contributed by atoms with Crippen LogP contribution in [-0.2, 0) is 18.4 Å². The van der Waals surface area contributed by atoms with Gasteiger partial charge < -0.3 is 14.8 Å². The first-order valence-electron chi connectivity index (χ1n) is 12.5. The Morgan fingerprint density at radius 1 is 1.16 bits per heavy atom. The molecule has 0 spiro atoms. The molecule has 1 atom stereocenters. The molecule has 1 amide bonds. The monoisotopic (exact) mass is 646 g/mol. The number of amides is 1. The number of fused-ring (bicyclic) bond motifs is 4. The summed E-state index contributed by atoms with van der Waals surface area (Å²) in [6.07, 6.45) is 7.72. The molecule has 1 N–H and O–H groups in total. The Hall–Kier alpha value is -2.82. The van der Waals surface area contributed by atoms with Crippen molar-refractivity contribution in [1.29, 1.82) is 0 Å². The van der Waals surface area contributed by atoms with Gasteiger partial charge in [0.05, 0.1) is 48.3 Å². The van der Waals surface area contributed by atoms with E-state index in [9.17, 15) is 4.79 Å². The minimum Gasteiger partial charge on any atom is -0.475 e. The Kier molecular flexibility index (Phi) is 9.51. The summed E-state index contributed by atoms with van der Waals surface area (Å²) < 4.78 is 15.7. The minimum atomic E-state index is -0.176. The van der Waals surface area contributed by atoms with Gasteiger partial charge >= 0.3 is 0 Å². The molecule has 0 saturated heterocycles. The molecule has 0 radical (unpaired) electrons. The third kappa shape index (κ3) is 6.08. The lowest BCUT2D eigenvalue weighted by Crippen LogP contribution is -2.30. The molecular formula is C27H32IN6O3P. The summed E-state index contributed by atoms with van der Waals surface area (Å²) in [5.74, 6) is 0.261. The second-order valence-corrected chi connectivity index (χ2v) is 10.8. The van der Waals surface area contributed by atoms with Crippen molar-refractivity contribution in [2.45, 2.75) is 40.3 Å². The van der Waals surface area contributed by atoms with Gasteiger partial charge in [-0.1, -0.05) is 19.9 Å². The number of benzene rings is 1. The van der Waals surface area contributed by atoms with Crippen molar-refractivity contribution in [1.82, 2.24) is 29.6 Å². The van der Waals surface area contributed by atoms with Gasteiger partial charge in [-0.2, -0.15) is 10.2 Å². The number of aryl methyl sites for hydroxylation is 1. The highest BCUT2D eigenvalue weighted by Gasteiger charge is 2.16. The fourth-order valence-corrected chi connectivity index (χ4v) is 5.62. The maximum atomic E-state index is 12.6. The van der Waals surface area contributed by atoms with Crippen molar-refractivity contribution >= 4 is 57.4 Å². The van der Waals surface area contributed by atoms with Crippen LogP contribution < -0.4 is 10.1 Å². The standard InChI is InChI=1S/C25H26IN6O3P.C2H6/c1-15(2)29-24(33)18-10-17-4-6-21-19-11-16(5-7-22(19)32(30-21)36-26)20-13-28-31(3)23(20)14-34-8-9-35-25(17)27-12-18;1-2/h4-7,10-13,15,36H,8-9,14H2,1-3H3,(H,29,33);1-2H3/b6-4+;. The first kappa shape index (κ1) is 28.2. The van der Waals surface area contributed by atoms with E-state index in [0.29, 0.717) is 43.2 Å². The van der Waals surface area contributed by atoms with Gasteiger partial charge in [0, 0.05) is 35.8 Å². The molecule has 1 unspecified atom stereocenters. The van der Waals surface area contributed by atoms with Gasteiger partial charge in [-0.15, -0.1) is 0 Å². The zero-order valence-corrected chi connectivity index (χ0v) is 25.3. The summed E-state index contributed by atoms with van der Waals surface area (Å²) in [4.78, 5) is 17.0. The Bertz CT molecular complexity index is 1460. The molecule has 38 heavy (non-hydrogen) atoms. The first-order chi connectivity index (χ1) is 18.4. The van der Waals surface area contributed by atoms with E-state index in [0.717, 1.165) is 33.4 Å². The van der Waals surface area contributed by atoms with E-state index in [4.69, 9.17) is 14.6 Å². The number of nitrogens with zero attached hydrogens (tertiary/aromatic N) is 5. The van der Waals surface area contributed by atoms with Crippen LogP contribution >= 0.6 is 28.4 Å². The number of rotatable bonds is 3. The van der Waals surface area contributed by atoms with Crippen molar-refractivity contribution in [3.05, 3.63) is 59.2 Å². The number of halogens is 1. The molecule has 4 aromatic rings. The van der Waals surface area contributed by atoms with Gasteiger partial charge in [0.2, 0.25) is 5.88 Å². The van der Waals surface area contributed by atoms with Crippen molar-refractivity contribution < 1.29 is 14.3 Å². The van der Waals surface area contributed by atoms with Gasteiger partial charge in [0.25, 0.3) is 5.91 Å².